The fraction of sp³-hybridized carbons (Fsp3) is 0.727. The summed E-state index contributed by atoms with van der Waals surface area (Å²) in [6.45, 7) is 4.77. The Morgan fingerprint density at radius 1 is 1.47 bits per heavy atom. The van der Waals surface area contributed by atoms with Gasteiger partial charge in [-0.2, -0.15) is 5.10 Å². The summed E-state index contributed by atoms with van der Waals surface area (Å²) >= 11 is 0. The lowest BCUT2D eigenvalue weighted by atomic mass is 10.1. The molecule has 0 spiro atoms. The molecule has 0 amide bonds. The minimum Gasteiger partial charge on any atom is -0.382 e. The summed E-state index contributed by atoms with van der Waals surface area (Å²) < 4.78 is 12.3. The van der Waals surface area contributed by atoms with E-state index in [1.165, 1.54) is 0 Å². The van der Waals surface area contributed by atoms with Gasteiger partial charge in [0, 0.05) is 26.5 Å². The Bertz CT molecular complexity index is 303. The molecular formula is C11H22N4O2. The van der Waals surface area contributed by atoms with Crippen molar-refractivity contribution in [3.8, 4) is 0 Å². The first-order valence-electron chi connectivity index (χ1n) is 5.88. The average molecular weight is 242 g/mol. The highest BCUT2D eigenvalue weighted by Gasteiger charge is 2.13. The highest BCUT2D eigenvalue weighted by Crippen LogP contribution is 2.15. The zero-order valence-electron chi connectivity index (χ0n) is 10.6. The topological polar surface area (TPSA) is 74.3 Å². The second kappa shape index (κ2) is 8.19. The van der Waals surface area contributed by atoms with E-state index in [-0.39, 0.29) is 6.04 Å². The van der Waals surface area contributed by atoms with E-state index in [1.807, 2.05) is 10.7 Å². The molecule has 98 valence electrons. The van der Waals surface area contributed by atoms with E-state index >= 15 is 0 Å². The van der Waals surface area contributed by atoms with Crippen LogP contribution in [0, 0.1) is 0 Å². The first-order chi connectivity index (χ1) is 8.33. The third-order valence-electron chi connectivity index (χ3n) is 2.59. The van der Waals surface area contributed by atoms with Gasteiger partial charge in [-0.15, -0.1) is 0 Å². The minimum absolute atomic E-state index is 0.0694. The van der Waals surface area contributed by atoms with Gasteiger partial charge in [-0.3, -0.25) is 16.0 Å². The number of methoxy groups -OCH3 is 1. The molecule has 0 radical (unpaired) electrons. The van der Waals surface area contributed by atoms with Crippen LogP contribution < -0.4 is 11.3 Å². The quantitative estimate of drug-likeness (QED) is 0.374. The monoisotopic (exact) mass is 242 g/mol. The van der Waals surface area contributed by atoms with E-state index in [1.54, 1.807) is 13.3 Å². The van der Waals surface area contributed by atoms with Crippen LogP contribution in [0.2, 0.25) is 0 Å². The second-order valence-corrected chi connectivity index (χ2v) is 3.68. The van der Waals surface area contributed by atoms with E-state index in [0.717, 1.165) is 18.7 Å². The summed E-state index contributed by atoms with van der Waals surface area (Å²) in [4.78, 5) is 0. The van der Waals surface area contributed by atoms with Crippen LogP contribution >= 0.6 is 0 Å². The molecule has 1 rings (SSSR count). The van der Waals surface area contributed by atoms with Crippen LogP contribution in [0.15, 0.2) is 12.3 Å². The fourth-order valence-corrected chi connectivity index (χ4v) is 1.67. The fourth-order valence-electron chi connectivity index (χ4n) is 1.67. The lowest BCUT2D eigenvalue weighted by Crippen LogP contribution is -2.31. The normalized spacial score (nSPS) is 12.9. The van der Waals surface area contributed by atoms with Crippen LogP contribution in [0.3, 0.4) is 0 Å². The van der Waals surface area contributed by atoms with E-state index in [4.69, 9.17) is 15.3 Å². The zero-order valence-corrected chi connectivity index (χ0v) is 10.6. The maximum absolute atomic E-state index is 5.56. The van der Waals surface area contributed by atoms with Crippen LogP contribution in [0.1, 0.15) is 25.1 Å². The van der Waals surface area contributed by atoms with Crippen molar-refractivity contribution in [3.05, 3.63) is 18.0 Å². The number of nitrogens with zero attached hydrogens (tertiary/aromatic N) is 2. The summed E-state index contributed by atoms with van der Waals surface area (Å²) in [6.07, 6.45) is 2.60. The molecule has 1 aromatic rings. The van der Waals surface area contributed by atoms with Gasteiger partial charge < -0.3 is 9.47 Å². The lowest BCUT2D eigenvalue weighted by Gasteiger charge is -2.17. The summed E-state index contributed by atoms with van der Waals surface area (Å²) in [5.74, 6) is 5.56. The Morgan fingerprint density at radius 2 is 2.29 bits per heavy atom. The van der Waals surface area contributed by atoms with Gasteiger partial charge >= 0.3 is 0 Å². The molecule has 1 atom stereocenters. The molecule has 0 aliphatic rings. The molecule has 0 fully saturated rings. The third kappa shape index (κ3) is 4.43. The molecule has 6 nitrogen and oxygen atoms in total. The molecule has 3 N–H and O–H groups in total. The van der Waals surface area contributed by atoms with Crippen LogP contribution in [-0.2, 0) is 16.0 Å². The number of aryl methyl sites for hydroxylation is 1. The Labute approximate surface area is 102 Å². The number of aromatic nitrogens is 2. The number of rotatable bonds is 9. The Kier molecular flexibility index (Phi) is 6.80. The second-order valence-electron chi connectivity index (χ2n) is 3.68. The van der Waals surface area contributed by atoms with Gasteiger partial charge in [0.25, 0.3) is 0 Å². The van der Waals surface area contributed by atoms with Gasteiger partial charge in [-0.05, 0) is 19.4 Å². The standard InChI is InChI=1S/C11H22N4O2/c1-3-15-11(4-6-13-15)10(14-12)5-7-17-9-8-16-2/h4,6,10,14H,3,5,7-9,12H2,1-2H3. The molecule has 0 saturated heterocycles. The number of nitrogens with two attached hydrogens (primary N) is 1. The van der Waals surface area contributed by atoms with Gasteiger partial charge in [0.15, 0.2) is 0 Å². The average Bonchev–Trinajstić information content (AvgIpc) is 2.82. The number of hydrogen-bond acceptors (Lipinski definition) is 5. The van der Waals surface area contributed by atoms with Gasteiger partial charge in [-0.25, -0.2) is 0 Å². The molecular weight excluding hydrogens is 220 g/mol. The highest BCUT2D eigenvalue weighted by atomic mass is 16.5. The Morgan fingerprint density at radius 3 is 2.94 bits per heavy atom. The summed E-state index contributed by atoms with van der Waals surface area (Å²) in [6, 6.07) is 2.04. The number of nitrogens with one attached hydrogen (secondary N) is 1. The molecule has 0 aliphatic heterocycles. The molecule has 1 aromatic heterocycles. The number of hydrogen-bond donors (Lipinski definition) is 2. The van der Waals surface area contributed by atoms with Crippen LogP contribution in [-0.4, -0.2) is 36.7 Å². The van der Waals surface area contributed by atoms with Crippen LogP contribution in [0.5, 0.6) is 0 Å². The van der Waals surface area contributed by atoms with Crippen molar-refractivity contribution in [2.24, 2.45) is 5.84 Å². The van der Waals surface area contributed by atoms with Crippen molar-refractivity contribution in [3.63, 3.8) is 0 Å². The predicted molar refractivity (Wildman–Crippen MR) is 65.3 cm³/mol. The van der Waals surface area contributed by atoms with Crippen molar-refractivity contribution < 1.29 is 9.47 Å². The largest absolute Gasteiger partial charge is 0.382 e. The van der Waals surface area contributed by atoms with E-state index in [9.17, 15) is 0 Å². The minimum atomic E-state index is 0.0694. The van der Waals surface area contributed by atoms with Crippen molar-refractivity contribution in [1.82, 2.24) is 15.2 Å². The van der Waals surface area contributed by atoms with Crippen molar-refractivity contribution in [1.29, 1.82) is 0 Å². The van der Waals surface area contributed by atoms with Gasteiger partial charge in [0.05, 0.1) is 24.9 Å². The highest BCUT2D eigenvalue weighted by molar-refractivity contribution is 5.06. The zero-order chi connectivity index (χ0) is 12.5. The van der Waals surface area contributed by atoms with Gasteiger partial charge in [0.1, 0.15) is 0 Å². The van der Waals surface area contributed by atoms with Crippen molar-refractivity contribution in [2.45, 2.75) is 25.9 Å². The molecule has 6 heteroatoms. The Hall–Kier alpha value is -0.950. The van der Waals surface area contributed by atoms with Gasteiger partial charge in [0.2, 0.25) is 0 Å². The van der Waals surface area contributed by atoms with E-state index < -0.39 is 0 Å². The lowest BCUT2D eigenvalue weighted by molar-refractivity contribution is 0.0654. The van der Waals surface area contributed by atoms with E-state index in [0.29, 0.717) is 19.8 Å². The number of hydrazine groups is 1. The summed E-state index contributed by atoms with van der Waals surface area (Å²) in [5, 5.41) is 4.22. The Balaban J connectivity index is 2.38. The molecule has 0 bridgehead atoms. The number of ether oxygens (including phenoxy) is 2. The summed E-state index contributed by atoms with van der Waals surface area (Å²) in [7, 11) is 1.66. The van der Waals surface area contributed by atoms with Crippen molar-refractivity contribution in [2.75, 3.05) is 26.9 Å². The summed E-state index contributed by atoms with van der Waals surface area (Å²) in [5.41, 5.74) is 3.89. The van der Waals surface area contributed by atoms with Crippen LogP contribution in [0.4, 0.5) is 0 Å². The first-order valence-corrected chi connectivity index (χ1v) is 5.88. The molecule has 0 aromatic carbocycles. The molecule has 0 saturated carbocycles. The SMILES string of the molecule is CCn1nccc1C(CCOCCOC)NN. The first kappa shape index (κ1) is 14.1. The maximum atomic E-state index is 5.56. The predicted octanol–water partition coefficient (Wildman–Crippen LogP) is 0.461. The maximum Gasteiger partial charge on any atom is 0.0700 e. The smallest absolute Gasteiger partial charge is 0.0700 e. The molecule has 0 aliphatic carbocycles. The third-order valence-corrected chi connectivity index (χ3v) is 2.59. The van der Waals surface area contributed by atoms with Crippen molar-refractivity contribution >= 4 is 0 Å². The molecule has 17 heavy (non-hydrogen) atoms. The van der Waals surface area contributed by atoms with Crippen LogP contribution in [0.25, 0.3) is 0 Å². The molecule has 1 unspecified atom stereocenters. The van der Waals surface area contributed by atoms with Gasteiger partial charge in [-0.1, -0.05) is 0 Å². The molecule has 1 heterocycles. The van der Waals surface area contributed by atoms with E-state index in [2.05, 4.69) is 17.4 Å².